The lowest BCUT2D eigenvalue weighted by atomic mass is 9.98. The van der Waals surface area contributed by atoms with Crippen LogP contribution in [0.5, 0.6) is 0 Å². The molecular weight excluding hydrogens is 242 g/mol. The largest absolute Gasteiger partial charge is 0.384 e. The summed E-state index contributed by atoms with van der Waals surface area (Å²) < 4.78 is 5.22. The molecule has 0 bridgehead atoms. The van der Waals surface area contributed by atoms with Crippen LogP contribution in [0.2, 0.25) is 0 Å². The number of nitrogens with zero attached hydrogens (tertiary/aromatic N) is 3. The van der Waals surface area contributed by atoms with Crippen LogP contribution in [-0.2, 0) is 11.2 Å². The Morgan fingerprint density at radius 3 is 2.74 bits per heavy atom. The van der Waals surface area contributed by atoms with Crippen LogP contribution < -0.4 is 16.2 Å². The minimum absolute atomic E-state index is 0.667. The molecule has 1 aliphatic rings. The molecule has 0 aromatic carbocycles. The average Bonchev–Trinajstić information content (AvgIpc) is 2.47. The van der Waals surface area contributed by atoms with E-state index in [1.54, 1.807) is 7.11 Å². The Morgan fingerprint density at radius 1 is 1.42 bits per heavy atom. The van der Waals surface area contributed by atoms with E-state index in [2.05, 4.69) is 20.3 Å². The number of aryl methyl sites for hydroxylation is 1. The van der Waals surface area contributed by atoms with Crippen LogP contribution in [-0.4, -0.2) is 36.8 Å². The second-order valence-corrected chi connectivity index (χ2v) is 4.91. The van der Waals surface area contributed by atoms with Crippen molar-refractivity contribution in [1.29, 1.82) is 0 Å². The minimum Gasteiger partial charge on any atom is -0.384 e. The Labute approximate surface area is 114 Å². The van der Waals surface area contributed by atoms with Crippen LogP contribution in [0.3, 0.4) is 0 Å². The number of hydrogen-bond donors (Lipinski definition) is 2. The second kappa shape index (κ2) is 6.68. The number of nitrogens with two attached hydrogens (primary N) is 1. The van der Waals surface area contributed by atoms with E-state index in [-0.39, 0.29) is 0 Å². The number of aromatic nitrogens is 2. The van der Waals surface area contributed by atoms with Gasteiger partial charge in [-0.15, -0.1) is 0 Å². The maximum atomic E-state index is 5.46. The van der Waals surface area contributed by atoms with Crippen LogP contribution in [0, 0.1) is 5.92 Å². The Balaban J connectivity index is 2.06. The second-order valence-electron chi connectivity index (χ2n) is 4.91. The lowest BCUT2D eigenvalue weighted by Gasteiger charge is -2.32. The summed E-state index contributed by atoms with van der Waals surface area (Å²) in [5, 5.41) is 0. The zero-order valence-electron chi connectivity index (χ0n) is 11.7. The Hall–Kier alpha value is -1.40. The van der Waals surface area contributed by atoms with Crippen molar-refractivity contribution in [3.63, 3.8) is 0 Å². The molecule has 0 saturated carbocycles. The van der Waals surface area contributed by atoms with Gasteiger partial charge in [0.1, 0.15) is 17.5 Å². The zero-order valence-corrected chi connectivity index (χ0v) is 11.7. The summed E-state index contributed by atoms with van der Waals surface area (Å²) in [6, 6.07) is 1.91. The van der Waals surface area contributed by atoms with Gasteiger partial charge in [-0.25, -0.2) is 15.8 Å². The predicted octanol–water partition coefficient (Wildman–Crippen LogP) is 1.19. The fraction of sp³-hybridized carbons (Fsp3) is 0.692. The van der Waals surface area contributed by atoms with Crippen molar-refractivity contribution >= 4 is 11.6 Å². The third kappa shape index (κ3) is 3.54. The lowest BCUT2D eigenvalue weighted by Crippen LogP contribution is -2.35. The van der Waals surface area contributed by atoms with Gasteiger partial charge in [0.15, 0.2) is 0 Å². The molecule has 106 valence electrons. The third-order valence-electron chi connectivity index (χ3n) is 3.56. The highest BCUT2D eigenvalue weighted by Crippen LogP contribution is 2.23. The van der Waals surface area contributed by atoms with Gasteiger partial charge in [-0.3, -0.25) is 0 Å². The minimum atomic E-state index is 0.667. The van der Waals surface area contributed by atoms with Crippen molar-refractivity contribution in [2.24, 2.45) is 11.8 Å². The van der Waals surface area contributed by atoms with Crippen LogP contribution in [0.25, 0.3) is 0 Å². The van der Waals surface area contributed by atoms with Gasteiger partial charge >= 0.3 is 0 Å². The van der Waals surface area contributed by atoms with E-state index < -0.39 is 0 Å². The van der Waals surface area contributed by atoms with Gasteiger partial charge < -0.3 is 15.1 Å². The smallest absolute Gasteiger partial charge is 0.145 e. The molecular formula is C13H23N5O. The van der Waals surface area contributed by atoms with Gasteiger partial charge in [-0.05, 0) is 18.8 Å². The van der Waals surface area contributed by atoms with E-state index >= 15 is 0 Å². The molecule has 0 amide bonds. The van der Waals surface area contributed by atoms with E-state index in [4.69, 9.17) is 10.6 Å². The number of nitrogen functional groups attached to an aromatic ring is 1. The molecule has 6 heteroatoms. The van der Waals surface area contributed by atoms with Gasteiger partial charge in [-0.1, -0.05) is 6.92 Å². The first-order chi connectivity index (χ1) is 9.26. The van der Waals surface area contributed by atoms with Gasteiger partial charge in [-0.2, -0.15) is 0 Å². The number of ether oxygens (including phenoxy) is 1. The molecule has 1 aromatic rings. The SMILES string of the molecule is CCc1nc(NN)cc(N2CCC(COC)CC2)n1. The third-order valence-corrected chi connectivity index (χ3v) is 3.56. The summed E-state index contributed by atoms with van der Waals surface area (Å²) in [4.78, 5) is 11.2. The molecule has 6 nitrogen and oxygen atoms in total. The molecule has 0 radical (unpaired) electrons. The highest BCUT2D eigenvalue weighted by molar-refractivity contribution is 5.49. The van der Waals surface area contributed by atoms with E-state index in [1.807, 2.05) is 13.0 Å². The lowest BCUT2D eigenvalue weighted by molar-refractivity contribution is 0.139. The number of piperidine rings is 1. The monoisotopic (exact) mass is 265 g/mol. The van der Waals surface area contributed by atoms with Crippen molar-refractivity contribution in [1.82, 2.24) is 9.97 Å². The standard InChI is InChI=1S/C13H23N5O/c1-3-11-15-12(17-14)8-13(16-11)18-6-4-10(5-7-18)9-19-2/h8,10H,3-7,9,14H2,1-2H3,(H,15,16,17). The van der Waals surface area contributed by atoms with E-state index in [1.165, 1.54) is 0 Å². The molecule has 0 unspecified atom stereocenters. The van der Waals surface area contributed by atoms with Crippen LogP contribution in [0.15, 0.2) is 6.07 Å². The highest BCUT2D eigenvalue weighted by atomic mass is 16.5. The molecule has 2 heterocycles. The number of nitrogens with one attached hydrogen (secondary N) is 1. The van der Waals surface area contributed by atoms with E-state index in [9.17, 15) is 0 Å². The summed E-state index contributed by atoms with van der Waals surface area (Å²) in [5.74, 6) is 8.60. The van der Waals surface area contributed by atoms with Gasteiger partial charge in [0.25, 0.3) is 0 Å². The predicted molar refractivity (Wildman–Crippen MR) is 76.0 cm³/mol. The van der Waals surface area contributed by atoms with Gasteiger partial charge in [0.2, 0.25) is 0 Å². The summed E-state index contributed by atoms with van der Waals surface area (Å²) in [6.45, 7) is 4.92. The summed E-state index contributed by atoms with van der Waals surface area (Å²) in [7, 11) is 1.77. The molecule has 1 fully saturated rings. The number of methoxy groups -OCH3 is 1. The Kier molecular flexibility index (Phi) is 4.93. The molecule has 1 aromatic heterocycles. The molecule has 3 N–H and O–H groups in total. The molecule has 1 saturated heterocycles. The van der Waals surface area contributed by atoms with Crippen molar-refractivity contribution in [2.45, 2.75) is 26.2 Å². The van der Waals surface area contributed by atoms with E-state index in [0.717, 1.165) is 50.6 Å². The summed E-state index contributed by atoms with van der Waals surface area (Å²) in [5.41, 5.74) is 2.61. The molecule has 0 spiro atoms. The van der Waals surface area contributed by atoms with Crippen LogP contribution in [0.4, 0.5) is 11.6 Å². The van der Waals surface area contributed by atoms with Crippen molar-refractivity contribution in [2.75, 3.05) is 37.1 Å². The Bertz CT molecular complexity index is 382. The first kappa shape index (κ1) is 14.0. The topological polar surface area (TPSA) is 76.3 Å². The maximum absolute atomic E-state index is 5.46. The zero-order chi connectivity index (χ0) is 13.7. The van der Waals surface area contributed by atoms with Gasteiger partial charge in [0.05, 0.1) is 0 Å². The summed E-state index contributed by atoms with van der Waals surface area (Å²) in [6.07, 6.45) is 3.10. The maximum Gasteiger partial charge on any atom is 0.145 e. The first-order valence-corrected chi connectivity index (χ1v) is 6.85. The first-order valence-electron chi connectivity index (χ1n) is 6.85. The molecule has 2 rings (SSSR count). The van der Waals surface area contributed by atoms with Crippen LogP contribution in [0.1, 0.15) is 25.6 Å². The molecule has 19 heavy (non-hydrogen) atoms. The van der Waals surface area contributed by atoms with Crippen molar-refractivity contribution < 1.29 is 4.74 Å². The number of hydrogen-bond acceptors (Lipinski definition) is 6. The average molecular weight is 265 g/mol. The normalized spacial score (nSPS) is 16.7. The van der Waals surface area contributed by atoms with Gasteiger partial charge in [0, 0.05) is 39.3 Å². The number of hydrazine groups is 1. The van der Waals surface area contributed by atoms with E-state index in [0.29, 0.717) is 11.7 Å². The molecule has 0 atom stereocenters. The number of rotatable bonds is 5. The number of anilines is 2. The van der Waals surface area contributed by atoms with Crippen molar-refractivity contribution in [3.05, 3.63) is 11.9 Å². The fourth-order valence-corrected chi connectivity index (χ4v) is 2.44. The molecule has 0 aliphatic carbocycles. The Morgan fingerprint density at radius 2 is 2.16 bits per heavy atom. The van der Waals surface area contributed by atoms with Crippen LogP contribution >= 0.6 is 0 Å². The highest BCUT2D eigenvalue weighted by Gasteiger charge is 2.20. The summed E-state index contributed by atoms with van der Waals surface area (Å²) >= 11 is 0. The van der Waals surface area contributed by atoms with Crippen molar-refractivity contribution in [3.8, 4) is 0 Å². The quantitative estimate of drug-likeness (QED) is 0.615. The molecule has 1 aliphatic heterocycles. The fourth-order valence-electron chi connectivity index (χ4n) is 2.44.